The molecule has 96 valence electrons. The maximum absolute atomic E-state index is 5.33. The van der Waals surface area contributed by atoms with Crippen molar-refractivity contribution in [3.8, 4) is 17.0 Å². The summed E-state index contributed by atoms with van der Waals surface area (Å²) in [7, 11) is 1.65. The Balaban J connectivity index is 1.90. The monoisotopic (exact) mass is 255 g/mol. The minimum atomic E-state index is 0.564. The average molecular weight is 255 g/mol. The van der Waals surface area contributed by atoms with Crippen LogP contribution in [0.2, 0.25) is 0 Å². The number of hydrogen-bond acceptors (Lipinski definition) is 4. The highest BCUT2D eigenvalue weighted by Gasteiger charge is 2.08. The summed E-state index contributed by atoms with van der Waals surface area (Å²) in [4.78, 5) is 0. The molecule has 0 spiro atoms. The fourth-order valence-electron chi connectivity index (χ4n) is 1.91. The Kier molecular flexibility index (Phi) is 3.02. The molecule has 2 aromatic heterocycles. The first-order chi connectivity index (χ1) is 9.36. The van der Waals surface area contributed by atoms with Gasteiger partial charge in [-0.25, -0.2) is 4.68 Å². The van der Waals surface area contributed by atoms with E-state index in [9.17, 15) is 0 Å². The van der Waals surface area contributed by atoms with E-state index in [-0.39, 0.29) is 0 Å². The summed E-state index contributed by atoms with van der Waals surface area (Å²) in [5.74, 6) is 1.68. The summed E-state index contributed by atoms with van der Waals surface area (Å²) in [6.45, 7) is 0.564. The molecule has 0 aliphatic carbocycles. The van der Waals surface area contributed by atoms with Crippen LogP contribution >= 0.6 is 0 Å². The predicted octanol–water partition coefficient (Wildman–Crippen LogP) is 2.60. The topological polar surface area (TPSA) is 53.1 Å². The zero-order valence-electron chi connectivity index (χ0n) is 10.5. The number of benzene rings is 1. The van der Waals surface area contributed by atoms with Gasteiger partial charge in [-0.15, -0.1) is 5.10 Å². The molecule has 1 aromatic carbocycles. The van der Waals surface area contributed by atoms with Gasteiger partial charge in [0, 0.05) is 5.56 Å². The Morgan fingerprint density at radius 1 is 1.21 bits per heavy atom. The van der Waals surface area contributed by atoms with Gasteiger partial charge in [-0.1, -0.05) is 5.21 Å². The van der Waals surface area contributed by atoms with Crippen LogP contribution in [0, 0.1) is 0 Å². The van der Waals surface area contributed by atoms with E-state index in [1.165, 1.54) is 0 Å². The number of nitrogens with zero attached hydrogens (tertiary/aromatic N) is 3. The third kappa shape index (κ3) is 2.35. The molecule has 3 aromatic rings. The van der Waals surface area contributed by atoms with Crippen molar-refractivity contribution in [1.29, 1.82) is 0 Å². The highest BCUT2D eigenvalue weighted by Crippen LogP contribution is 2.22. The molecule has 0 saturated heterocycles. The van der Waals surface area contributed by atoms with Gasteiger partial charge in [-0.2, -0.15) is 0 Å². The molecule has 3 rings (SSSR count). The minimum absolute atomic E-state index is 0.564. The Morgan fingerprint density at radius 2 is 2.05 bits per heavy atom. The lowest BCUT2D eigenvalue weighted by Gasteiger charge is -2.05. The summed E-state index contributed by atoms with van der Waals surface area (Å²) < 4.78 is 12.3. The molecular formula is C14H13N3O2. The molecule has 0 atom stereocenters. The first-order valence-corrected chi connectivity index (χ1v) is 5.92. The highest BCUT2D eigenvalue weighted by molar-refractivity contribution is 5.59. The van der Waals surface area contributed by atoms with Gasteiger partial charge in [0.15, 0.2) is 0 Å². The molecular weight excluding hydrogens is 242 g/mol. The molecule has 0 saturated carbocycles. The lowest BCUT2D eigenvalue weighted by Crippen LogP contribution is -2.03. The Hall–Kier alpha value is -2.56. The van der Waals surface area contributed by atoms with Crippen molar-refractivity contribution in [1.82, 2.24) is 15.0 Å². The minimum Gasteiger partial charge on any atom is -0.497 e. The zero-order chi connectivity index (χ0) is 13.1. The fraction of sp³-hybridized carbons (Fsp3) is 0.143. The summed E-state index contributed by atoms with van der Waals surface area (Å²) in [5.41, 5.74) is 1.98. The number of hydrogen-bond donors (Lipinski definition) is 0. The smallest absolute Gasteiger partial charge is 0.125 e. The standard InChI is InChI=1S/C14H13N3O2/c1-18-12-6-4-11(5-7-12)14-9-15-16-17(14)10-13-3-2-8-19-13/h2-9H,10H2,1H3. The SMILES string of the molecule is COc1ccc(-c2cnnn2Cc2ccco2)cc1. The third-order valence-electron chi connectivity index (χ3n) is 2.89. The molecule has 0 N–H and O–H groups in total. The third-order valence-corrected chi connectivity index (χ3v) is 2.89. The molecule has 0 bridgehead atoms. The second kappa shape index (κ2) is 4.97. The van der Waals surface area contributed by atoms with Gasteiger partial charge in [0.1, 0.15) is 18.1 Å². The van der Waals surface area contributed by atoms with Crippen LogP contribution < -0.4 is 4.74 Å². The largest absolute Gasteiger partial charge is 0.497 e. The van der Waals surface area contributed by atoms with Crippen molar-refractivity contribution in [2.24, 2.45) is 0 Å². The van der Waals surface area contributed by atoms with Crippen molar-refractivity contribution < 1.29 is 9.15 Å². The maximum Gasteiger partial charge on any atom is 0.125 e. The lowest BCUT2D eigenvalue weighted by molar-refractivity contribution is 0.415. The van der Waals surface area contributed by atoms with E-state index < -0.39 is 0 Å². The number of methoxy groups -OCH3 is 1. The predicted molar refractivity (Wildman–Crippen MR) is 69.8 cm³/mol. The fourth-order valence-corrected chi connectivity index (χ4v) is 1.91. The summed E-state index contributed by atoms with van der Waals surface area (Å²) in [6, 6.07) is 11.6. The van der Waals surface area contributed by atoms with Crippen LogP contribution in [0.4, 0.5) is 0 Å². The lowest BCUT2D eigenvalue weighted by atomic mass is 10.1. The molecule has 0 radical (unpaired) electrons. The van der Waals surface area contributed by atoms with Crippen LogP contribution in [0.5, 0.6) is 5.75 Å². The van der Waals surface area contributed by atoms with Crippen molar-refractivity contribution in [2.45, 2.75) is 6.54 Å². The second-order valence-electron chi connectivity index (χ2n) is 4.08. The van der Waals surface area contributed by atoms with Crippen LogP contribution in [0.3, 0.4) is 0 Å². The van der Waals surface area contributed by atoms with Gasteiger partial charge >= 0.3 is 0 Å². The number of aromatic nitrogens is 3. The van der Waals surface area contributed by atoms with E-state index >= 15 is 0 Å². The van der Waals surface area contributed by atoms with Crippen LogP contribution in [-0.2, 0) is 6.54 Å². The normalized spacial score (nSPS) is 10.6. The van der Waals surface area contributed by atoms with E-state index in [2.05, 4.69) is 10.3 Å². The molecule has 19 heavy (non-hydrogen) atoms. The van der Waals surface area contributed by atoms with E-state index in [1.807, 2.05) is 36.4 Å². The van der Waals surface area contributed by atoms with Crippen LogP contribution in [0.15, 0.2) is 53.3 Å². The van der Waals surface area contributed by atoms with Crippen LogP contribution in [0.1, 0.15) is 5.76 Å². The maximum atomic E-state index is 5.33. The highest BCUT2D eigenvalue weighted by atomic mass is 16.5. The first-order valence-electron chi connectivity index (χ1n) is 5.92. The molecule has 5 nitrogen and oxygen atoms in total. The Labute approximate surface area is 110 Å². The van der Waals surface area contributed by atoms with E-state index in [0.29, 0.717) is 6.54 Å². The van der Waals surface area contributed by atoms with Gasteiger partial charge in [-0.05, 0) is 36.4 Å². The Bertz CT molecular complexity index is 642. The van der Waals surface area contributed by atoms with Crippen molar-refractivity contribution in [3.63, 3.8) is 0 Å². The molecule has 0 aliphatic rings. The van der Waals surface area contributed by atoms with Crippen LogP contribution in [-0.4, -0.2) is 22.1 Å². The van der Waals surface area contributed by atoms with Crippen molar-refractivity contribution in [2.75, 3.05) is 7.11 Å². The van der Waals surface area contributed by atoms with Gasteiger partial charge in [-0.3, -0.25) is 0 Å². The van der Waals surface area contributed by atoms with Crippen molar-refractivity contribution in [3.05, 3.63) is 54.6 Å². The quantitative estimate of drug-likeness (QED) is 0.719. The summed E-state index contributed by atoms with van der Waals surface area (Å²) >= 11 is 0. The Morgan fingerprint density at radius 3 is 2.74 bits per heavy atom. The number of rotatable bonds is 4. The summed E-state index contributed by atoms with van der Waals surface area (Å²) in [6.07, 6.45) is 3.39. The molecule has 5 heteroatoms. The zero-order valence-corrected chi connectivity index (χ0v) is 10.5. The molecule has 0 fully saturated rings. The van der Waals surface area contributed by atoms with Gasteiger partial charge in [0.2, 0.25) is 0 Å². The van der Waals surface area contributed by atoms with Gasteiger partial charge < -0.3 is 9.15 Å². The average Bonchev–Trinajstić information content (AvgIpc) is 3.11. The molecule has 0 amide bonds. The molecule has 0 aliphatic heterocycles. The van der Waals surface area contributed by atoms with Crippen molar-refractivity contribution >= 4 is 0 Å². The second-order valence-corrected chi connectivity index (χ2v) is 4.08. The first kappa shape index (κ1) is 11.5. The molecule has 2 heterocycles. The molecule has 0 unspecified atom stereocenters. The van der Waals surface area contributed by atoms with E-state index in [1.54, 1.807) is 24.3 Å². The number of ether oxygens (including phenoxy) is 1. The van der Waals surface area contributed by atoms with Gasteiger partial charge in [0.25, 0.3) is 0 Å². The number of furan rings is 1. The van der Waals surface area contributed by atoms with Crippen LogP contribution in [0.25, 0.3) is 11.3 Å². The van der Waals surface area contributed by atoms with Gasteiger partial charge in [0.05, 0.1) is 25.3 Å². The van der Waals surface area contributed by atoms with E-state index in [0.717, 1.165) is 22.8 Å². The summed E-state index contributed by atoms with van der Waals surface area (Å²) in [5, 5.41) is 8.05. The van der Waals surface area contributed by atoms with E-state index in [4.69, 9.17) is 9.15 Å².